The fraction of sp³-hybridized carbons (Fsp3) is 0.280. The molecule has 0 N–H and O–H groups in total. The molecule has 4 rings (SSSR count). The van der Waals surface area contributed by atoms with Gasteiger partial charge in [-0.15, -0.1) is 0 Å². The van der Waals surface area contributed by atoms with Gasteiger partial charge in [-0.25, -0.2) is 23.4 Å². The van der Waals surface area contributed by atoms with E-state index in [1.54, 1.807) is 12.4 Å². The smallest absolute Gasteiger partial charge is 0.203 e. The third kappa shape index (κ3) is 6.02. The molecule has 0 spiro atoms. The van der Waals surface area contributed by atoms with Crippen molar-refractivity contribution in [2.45, 2.75) is 38.2 Å². The number of hydrogen-bond donors (Lipinski definition) is 0. The lowest BCUT2D eigenvalue weighted by Crippen LogP contribution is -2.22. The summed E-state index contributed by atoms with van der Waals surface area (Å²) in [5, 5.41) is 4.31. The maximum atomic E-state index is 14.0. The molecule has 6 nitrogen and oxygen atoms in total. The van der Waals surface area contributed by atoms with Crippen LogP contribution in [0.1, 0.15) is 32.0 Å². The molecule has 1 aliphatic rings. The minimum atomic E-state index is -1.54. The number of alkyl halides is 2. The topological polar surface area (TPSA) is 69.9 Å². The molecular formula is C25H25BrF2N4O2. The summed E-state index contributed by atoms with van der Waals surface area (Å²) in [5.74, 6) is 0.478. The second-order valence-corrected chi connectivity index (χ2v) is 8.08. The maximum absolute atomic E-state index is 14.0. The van der Waals surface area contributed by atoms with Gasteiger partial charge in [-0.1, -0.05) is 48.0 Å². The summed E-state index contributed by atoms with van der Waals surface area (Å²) in [6.45, 7) is 6.41. The van der Waals surface area contributed by atoms with Crippen LogP contribution in [0, 0.1) is 0 Å². The zero-order valence-corrected chi connectivity index (χ0v) is 20.7. The molecule has 34 heavy (non-hydrogen) atoms. The molecule has 9 heteroatoms. The summed E-state index contributed by atoms with van der Waals surface area (Å²) in [7, 11) is 0. The molecule has 0 saturated carbocycles. The first kappa shape index (κ1) is 25.4. The molecular weight excluding hydrogens is 506 g/mol. The van der Waals surface area contributed by atoms with Crippen molar-refractivity contribution in [1.29, 1.82) is 0 Å². The highest BCUT2D eigenvalue weighted by molar-refractivity contribution is 9.09. The predicted octanol–water partition coefficient (Wildman–Crippen LogP) is 5.53. The van der Waals surface area contributed by atoms with Gasteiger partial charge in [0, 0.05) is 24.2 Å². The van der Waals surface area contributed by atoms with Crippen molar-refractivity contribution in [1.82, 2.24) is 19.7 Å². The van der Waals surface area contributed by atoms with Gasteiger partial charge in [0.2, 0.25) is 5.43 Å². The van der Waals surface area contributed by atoms with Crippen molar-refractivity contribution < 1.29 is 13.5 Å². The van der Waals surface area contributed by atoms with E-state index in [9.17, 15) is 13.6 Å². The van der Waals surface area contributed by atoms with E-state index in [1.807, 2.05) is 45.0 Å². The minimum Gasteiger partial charge on any atom is -0.491 e. The third-order valence-electron chi connectivity index (χ3n) is 4.80. The van der Waals surface area contributed by atoms with Gasteiger partial charge >= 0.3 is 0 Å². The van der Waals surface area contributed by atoms with E-state index in [-0.39, 0.29) is 23.2 Å². The van der Waals surface area contributed by atoms with Crippen LogP contribution in [0.4, 0.5) is 8.78 Å². The van der Waals surface area contributed by atoms with Crippen LogP contribution in [0.5, 0.6) is 5.75 Å². The van der Waals surface area contributed by atoms with Gasteiger partial charge in [-0.05, 0) is 30.7 Å². The molecule has 1 aromatic carbocycles. The number of ether oxygens (including phenoxy) is 1. The van der Waals surface area contributed by atoms with Gasteiger partial charge in [-0.2, -0.15) is 5.10 Å². The van der Waals surface area contributed by atoms with Crippen molar-refractivity contribution in [3.63, 3.8) is 0 Å². The number of rotatable bonds is 6. The highest BCUT2D eigenvalue weighted by Gasteiger charge is 2.26. The van der Waals surface area contributed by atoms with E-state index in [2.05, 4.69) is 31.0 Å². The van der Waals surface area contributed by atoms with Crippen molar-refractivity contribution in [2.24, 2.45) is 0 Å². The Bertz CT molecular complexity index is 1240. The second kappa shape index (κ2) is 11.8. The van der Waals surface area contributed by atoms with E-state index >= 15 is 0 Å². The van der Waals surface area contributed by atoms with Crippen LogP contribution in [-0.4, -0.2) is 37.4 Å². The standard InChI is InChI=1S/C23H19BrF2N4O2.C2H6/c1-2-32-17-12-27-23(28-13-17)15-5-3-4-14(8-15)9-20-21(31)6-7-30(29-20)16-10-18(25)22(24)19(26)11-16;1-2/h3-8,10-13,18,22H,2,9H2,1H3;1-2H3. The lowest BCUT2D eigenvalue weighted by atomic mass is 10.1. The van der Waals surface area contributed by atoms with Crippen LogP contribution in [0.2, 0.25) is 0 Å². The average molecular weight is 531 g/mol. The Morgan fingerprint density at radius 1 is 1.18 bits per heavy atom. The molecule has 0 aliphatic heterocycles. The van der Waals surface area contributed by atoms with Crippen LogP contribution in [0.25, 0.3) is 17.1 Å². The molecule has 2 heterocycles. The normalized spacial score (nSPS) is 17.2. The largest absolute Gasteiger partial charge is 0.491 e. The molecule has 2 unspecified atom stereocenters. The zero-order valence-electron chi connectivity index (χ0n) is 19.1. The van der Waals surface area contributed by atoms with Crippen molar-refractivity contribution >= 4 is 21.6 Å². The summed E-state index contributed by atoms with van der Waals surface area (Å²) < 4.78 is 34.7. The van der Waals surface area contributed by atoms with Crippen molar-refractivity contribution in [3.05, 3.63) is 88.4 Å². The molecule has 2 aromatic heterocycles. The minimum absolute atomic E-state index is 0.225. The van der Waals surface area contributed by atoms with Crippen molar-refractivity contribution in [3.8, 4) is 17.1 Å². The Morgan fingerprint density at radius 2 is 1.91 bits per heavy atom. The highest BCUT2D eigenvalue weighted by atomic mass is 79.9. The van der Waals surface area contributed by atoms with E-state index in [0.717, 1.165) is 11.1 Å². The molecule has 0 amide bonds. The SMILES string of the molecule is CC.CCOc1cnc(-c2cccc(Cc3nn(C4=CC(F)C(Br)C(F)=C4)ccc3=O)c2)nc1. The van der Waals surface area contributed by atoms with Crippen LogP contribution >= 0.6 is 15.9 Å². The van der Waals surface area contributed by atoms with E-state index < -0.39 is 16.8 Å². The van der Waals surface area contributed by atoms with Crippen LogP contribution in [0.3, 0.4) is 0 Å². The lowest BCUT2D eigenvalue weighted by Gasteiger charge is -2.18. The van der Waals surface area contributed by atoms with E-state index in [0.29, 0.717) is 18.2 Å². The van der Waals surface area contributed by atoms with Crippen LogP contribution in [0.15, 0.2) is 71.7 Å². The zero-order chi connectivity index (χ0) is 24.7. The van der Waals surface area contributed by atoms with Gasteiger partial charge in [0.1, 0.15) is 22.5 Å². The second-order valence-electron chi connectivity index (χ2n) is 7.09. The Morgan fingerprint density at radius 3 is 2.59 bits per heavy atom. The Balaban J connectivity index is 0.00000158. The lowest BCUT2D eigenvalue weighted by molar-refractivity contribution is 0.337. The molecule has 0 saturated heterocycles. The molecule has 3 aromatic rings. The first-order valence-electron chi connectivity index (χ1n) is 10.9. The molecule has 1 aliphatic carbocycles. The number of aromatic nitrogens is 4. The summed E-state index contributed by atoms with van der Waals surface area (Å²) >= 11 is 2.97. The fourth-order valence-electron chi connectivity index (χ4n) is 3.24. The predicted molar refractivity (Wildman–Crippen MR) is 132 cm³/mol. The first-order chi connectivity index (χ1) is 16.4. The molecule has 178 valence electrons. The molecule has 2 atom stereocenters. The molecule has 0 fully saturated rings. The van der Waals surface area contributed by atoms with Crippen LogP contribution < -0.4 is 10.2 Å². The first-order valence-corrected chi connectivity index (χ1v) is 11.9. The third-order valence-corrected chi connectivity index (χ3v) is 5.74. The Hall–Kier alpha value is -3.20. The van der Waals surface area contributed by atoms with Gasteiger partial charge in [0.25, 0.3) is 0 Å². The average Bonchev–Trinajstić information content (AvgIpc) is 2.86. The summed E-state index contributed by atoms with van der Waals surface area (Å²) in [6, 6.07) is 8.79. The van der Waals surface area contributed by atoms with E-state index in [1.165, 1.54) is 29.1 Å². The summed E-state index contributed by atoms with van der Waals surface area (Å²) in [4.78, 5) is 20.0. The van der Waals surface area contributed by atoms with Gasteiger partial charge < -0.3 is 4.74 Å². The molecule has 0 radical (unpaired) electrons. The van der Waals surface area contributed by atoms with Crippen LogP contribution in [-0.2, 0) is 6.42 Å². The van der Waals surface area contributed by atoms with Gasteiger partial charge in [0.15, 0.2) is 11.6 Å². The number of halogens is 3. The summed E-state index contributed by atoms with van der Waals surface area (Å²) in [5.41, 5.74) is 1.82. The number of nitrogens with zero attached hydrogens (tertiary/aromatic N) is 4. The van der Waals surface area contributed by atoms with Gasteiger partial charge in [0.05, 0.1) is 24.7 Å². The number of allylic oxidation sites excluding steroid dienone is 4. The maximum Gasteiger partial charge on any atom is 0.203 e. The highest BCUT2D eigenvalue weighted by Crippen LogP contribution is 2.29. The quantitative estimate of drug-likeness (QED) is 0.392. The Labute approximate surface area is 205 Å². The molecule has 0 bridgehead atoms. The number of benzene rings is 1. The van der Waals surface area contributed by atoms with Crippen molar-refractivity contribution in [2.75, 3.05) is 6.61 Å². The fourth-order valence-corrected chi connectivity index (χ4v) is 3.53. The summed E-state index contributed by atoms with van der Waals surface area (Å²) in [6.07, 6.45) is 5.77. The monoisotopic (exact) mass is 530 g/mol. The van der Waals surface area contributed by atoms with Gasteiger partial charge in [-0.3, -0.25) is 4.79 Å². The Kier molecular flexibility index (Phi) is 8.81. The van der Waals surface area contributed by atoms with E-state index in [4.69, 9.17) is 4.74 Å². The number of hydrogen-bond acceptors (Lipinski definition) is 5.